The smallest absolute Gasteiger partial charge is 0.269 e. The molecule has 0 aliphatic carbocycles. The molecule has 8 nitrogen and oxygen atoms in total. The number of rotatable bonds is 6. The molecule has 1 saturated heterocycles. The Hall–Kier alpha value is -1.55. The normalized spacial score (nSPS) is 18.0. The van der Waals surface area contributed by atoms with Gasteiger partial charge in [0.2, 0.25) is 10.0 Å². The van der Waals surface area contributed by atoms with E-state index in [2.05, 4.69) is 9.62 Å². The van der Waals surface area contributed by atoms with Crippen LogP contribution < -0.4 is 4.72 Å². The van der Waals surface area contributed by atoms with Gasteiger partial charge in [0.05, 0.1) is 23.0 Å². The minimum atomic E-state index is -3.68. The molecule has 122 valence electrons. The Balaban J connectivity index is 1.98. The lowest BCUT2D eigenvalue weighted by Gasteiger charge is -2.29. The van der Waals surface area contributed by atoms with Crippen LogP contribution in [0.3, 0.4) is 0 Å². The first-order chi connectivity index (χ1) is 10.4. The molecule has 1 fully saturated rings. The minimum absolute atomic E-state index is 0.0203. The number of benzene rings is 1. The third kappa shape index (κ3) is 4.47. The van der Waals surface area contributed by atoms with Crippen LogP contribution in [0.4, 0.5) is 5.69 Å². The first-order valence-corrected chi connectivity index (χ1v) is 8.44. The number of nitrogens with one attached hydrogen (secondary N) is 1. The first kappa shape index (κ1) is 16.8. The Morgan fingerprint density at radius 1 is 1.32 bits per heavy atom. The van der Waals surface area contributed by atoms with Crippen LogP contribution in [-0.4, -0.2) is 57.1 Å². The molecule has 1 aromatic rings. The molecule has 0 unspecified atom stereocenters. The molecule has 1 N–H and O–H groups in total. The second kappa shape index (κ2) is 7.14. The fourth-order valence-electron chi connectivity index (χ4n) is 2.29. The van der Waals surface area contributed by atoms with Gasteiger partial charge >= 0.3 is 0 Å². The molecule has 0 bridgehead atoms. The number of nitro benzene ring substituents is 1. The summed E-state index contributed by atoms with van der Waals surface area (Å²) in [6, 6.07) is 4.57. The first-order valence-electron chi connectivity index (χ1n) is 6.95. The van der Waals surface area contributed by atoms with E-state index in [0.717, 1.165) is 13.1 Å². The second-order valence-corrected chi connectivity index (χ2v) is 6.90. The van der Waals surface area contributed by atoms with Crippen molar-refractivity contribution in [2.75, 3.05) is 32.8 Å². The number of nitro groups is 1. The van der Waals surface area contributed by atoms with E-state index in [1.165, 1.54) is 24.3 Å². The summed E-state index contributed by atoms with van der Waals surface area (Å²) in [5.41, 5.74) is -0.139. The van der Waals surface area contributed by atoms with E-state index in [4.69, 9.17) is 4.74 Å². The standard InChI is InChI=1S/C13H19N3O5S/c1-11(10-15-6-8-21-9-7-15)14-22(19,20)13-4-2-12(3-5-13)16(17)18/h2-5,11,14H,6-10H2,1H3/t11-/m1/s1. The van der Waals surface area contributed by atoms with Crippen molar-refractivity contribution in [3.63, 3.8) is 0 Å². The van der Waals surface area contributed by atoms with Crippen molar-refractivity contribution in [3.05, 3.63) is 34.4 Å². The summed E-state index contributed by atoms with van der Waals surface area (Å²) in [5, 5.41) is 10.6. The maximum absolute atomic E-state index is 12.2. The Labute approximate surface area is 129 Å². The van der Waals surface area contributed by atoms with Gasteiger partial charge in [0.1, 0.15) is 0 Å². The van der Waals surface area contributed by atoms with Gasteiger partial charge < -0.3 is 4.74 Å². The number of morpholine rings is 1. The van der Waals surface area contributed by atoms with Gasteiger partial charge in [0.15, 0.2) is 0 Å². The fourth-order valence-corrected chi connectivity index (χ4v) is 3.52. The van der Waals surface area contributed by atoms with Crippen LogP contribution in [0.5, 0.6) is 0 Å². The summed E-state index contributed by atoms with van der Waals surface area (Å²) in [7, 11) is -3.68. The Bertz CT molecular complexity index is 611. The van der Waals surface area contributed by atoms with E-state index < -0.39 is 14.9 Å². The van der Waals surface area contributed by atoms with Crippen LogP contribution in [0.1, 0.15) is 6.92 Å². The predicted molar refractivity (Wildman–Crippen MR) is 80.1 cm³/mol. The van der Waals surface area contributed by atoms with Crippen molar-refractivity contribution in [2.24, 2.45) is 0 Å². The van der Waals surface area contributed by atoms with Crippen LogP contribution in [0.25, 0.3) is 0 Å². The molecular formula is C13H19N3O5S. The van der Waals surface area contributed by atoms with E-state index in [-0.39, 0.29) is 16.6 Å². The topological polar surface area (TPSA) is 102 Å². The number of non-ortho nitro benzene ring substituents is 1. The third-order valence-corrected chi connectivity index (χ3v) is 4.96. The number of sulfonamides is 1. The zero-order valence-corrected chi connectivity index (χ0v) is 13.1. The molecule has 1 aliphatic heterocycles. The van der Waals surface area contributed by atoms with Crippen LogP contribution in [0.2, 0.25) is 0 Å². The summed E-state index contributed by atoms with van der Waals surface area (Å²) in [6.45, 7) is 5.25. The lowest BCUT2D eigenvalue weighted by Crippen LogP contribution is -2.45. The van der Waals surface area contributed by atoms with Crippen molar-refractivity contribution in [3.8, 4) is 0 Å². The molecule has 0 spiro atoms. The van der Waals surface area contributed by atoms with Crippen molar-refractivity contribution in [1.29, 1.82) is 0 Å². The van der Waals surface area contributed by atoms with Gasteiger partial charge in [-0.25, -0.2) is 13.1 Å². The Kier molecular flexibility index (Phi) is 5.46. The van der Waals surface area contributed by atoms with Gasteiger partial charge in [-0.3, -0.25) is 15.0 Å². The van der Waals surface area contributed by atoms with Crippen molar-refractivity contribution in [1.82, 2.24) is 9.62 Å². The quantitative estimate of drug-likeness (QED) is 0.605. The molecule has 1 aliphatic rings. The van der Waals surface area contributed by atoms with E-state index in [9.17, 15) is 18.5 Å². The molecule has 9 heteroatoms. The van der Waals surface area contributed by atoms with E-state index >= 15 is 0 Å². The largest absolute Gasteiger partial charge is 0.379 e. The monoisotopic (exact) mass is 329 g/mol. The highest BCUT2D eigenvalue weighted by molar-refractivity contribution is 7.89. The summed E-state index contributed by atoms with van der Waals surface area (Å²) < 4.78 is 32.3. The van der Waals surface area contributed by atoms with Crippen LogP contribution in [0, 0.1) is 10.1 Å². The van der Waals surface area contributed by atoms with Crippen molar-refractivity contribution in [2.45, 2.75) is 17.9 Å². The van der Waals surface area contributed by atoms with Crippen molar-refractivity contribution >= 4 is 15.7 Å². The van der Waals surface area contributed by atoms with Gasteiger partial charge in [0, 0.05) is 37.8 Å². The van der Waals surface area contributed by atoms with Crippen molar-refractivity contribution < 1.29 is 18.1 Å². The molecule has 0 aromatic heterocycles. The molecule has 1 aromatic carbocycles. The van der Waals surface area contributed by atoms with Gasteiger partial charge in [0.25, 0.3) is 5.69 Å². The van der Waals surface area contributed by atoms with Crippen LogP contribution in [-0.2, 0) is 14.8 Å². The van der Waals surface area contributed by atoms with Gasteiger partial charge in [-0.05, 0) is 19.1 Å². The average molecular weight is 329 g/mol. The molecular weight excluding hydrogens is 310 g/mol. The number of nitrogens with zero attached hydrogens (tertiary/aromatic N) is 2. The van der Waals surface area contributed by atoms with Gasteiger partial charge in [-0.1, -0.05) is 0 Å². The van der Waals surface area contributed by atoms with Crippen LogP contribution in [0.15, 0.2) is 29.2 Å². The SMILES string of the molecule is C[C@H](CN1CCOCC1)NS(=O)(=O)c1ccc([N+](=O)[O-])cc1. The van der Waals surface area contributed by atoms with E-state index in [1.807, 2.05) is 0 Å². The number of hydrogen-bond acceptors (Lipinski definition) is 6. The highest BCUT2D eigenvalue weighted by Crippen LogP contribution is 2.16. The molecule has 1 atom stereocenters. The zero-order valence-electron chi connectivity index (χ0n) is 12.3. The molecule has 22 heavy (non-hydrogen) atoms. The maximum Gasteiger partial charge on any atom is 0.269 e. The molecule has 2 rings (SSSR count). The van der Waals surface area contributed by atoms with Gasteiger partial charge in [-0.2, -0.15) is 0 Å². The molecule has 0 saturated carbocycles. The third-order valence-electron chi connectivity index (χ3n) is 3.35. The summed E-state index contributed by atoms with van der Waals surface area (Å²) in [6.07, 6.45) is 0. The molecule has 0 amide bonds. The fraction of sp³-hybridized carbons (Fsp3) is 0.538. The lowest BCUT2D eigenvalue weighted by atomic mass is 10.3. The second-order valence-electron chi connectivity index (χ2n) is 5.19. The summed E-state index contributed by atoms with van der Waals surface area (Å²) in [4.78, 5) is 12.2. The maximum atomic E-state index is 12.2. The Morgan fingerprint density at radius 3 is 2.45 bits per heavy atom. The lowest BCUT2D eigenvalue weighted by molar-refractivity contribution is -0.384. The van der Waals surface area contributed by atoms with Crippen LogP contribution >= 0.6 is 0 Å². The average Bonchev–Trinajstić information content (AvgIpc) is 2.47. The summed E-state index contributed by atoms with van der Waals surface area (Å²) in [5.74, 6) is 0. The Morgan fingerprint density at radius 2 is 1.91 bits per heavy atom. The van der Waals surface area contributed by atoms with Gasteiger partial charge in [-0.15, -0.1) is 0 Å². The highest BCUT2D eigenvalue weighted by atomic mass is 32.2. The number of ether oxygens (including phenoxy) is 1. The highest BCUT2D eigenvalue weighted by Gasteiger charge is 2.21. The van der Waals surface area contributed by atoms with E-state index in [1.54, 1.807) is 6.92 Å². The molecule has 0 radical (unpaired) electrons. The van der Waals surface area contributed by atoms with E-state index in [0.29, 0.717) is 19.8 Å². The zero-order chi connectivity index (χ0) is 16.2. The molecule has 1 heterocycles. The minimum Gasteiger partial charge on any atom is -0.379 e. The number of hydrogen-bond donors (Lipinski definition) is 1. The summed E-state index contributed by atoms with van der Waals surface area (Å²) >= 11 is 0. The predicted octanol–water partition coefficient (Wildman–Crippen LogP) is 0.594.